The van der Waals surface area contributed by atoms with Crippen LogP contribution in [0.4, 0.5) is 0 Å². The van der Waals surface area contributed by atoms with E-state index < -0.39 is 0 Å². The van der Waals surface area contributed by atoms with Crippen molar-refractivity contribution in [1.29, 1.82) is 0 Å². The van der Waals surface area contributed by atoms with Gasteiger partial charge >= 0.3 is 0 Å². The molecule has 0 aromatic carbocycles. The fraction of sp³-hybridized carbons (Fsp3) is 1.00. The molecule has 1 N–H and O–H groups in total. The molecule has 0 aromatic rings. The number of nitrogens with zero attached hydrogens (tertiary/aromatic N) is 1. The number of ether oxygens (including phenoxy) is 1. The van der Waals surface area contributed by atoms with Gasteiger partial charge < -0.3 is 15.0 Å². The number of hydrogen-bond acceptors (Lipinski definition) is 3. The first-order valence-corrected chi connectivity index (χ1v) is 6.18. The van der Waals surface area contributed by atoms with Crippen molar-refractivity contribution in [1.82, 2.24) is 10.2 Å². The Bertz CT molecular complexity index is 173. The molecule has 0 aromatic heterocycles. The minimum atomic E-state index is 0.357. The highest BCUT2D eigenvalue weighted by Gasteiger charge is 2.28. The van der Waals surface area contributed by atoms with Crippen molar-refractivity contribution in [2.75, 3.05) is 33.3 Å². The molecular weight excluding hydrogens is 188 g/mol. The molecule has 15 heavy (non-hydrogen) atoms. The molecule has 0 spiro atoms. The van der Waals surface area contributed by atoms with Gasteiger partial charge in [-0.05, 0) is 25.9 Å². The van der Waals surface area contributed by atoms with Gasteiger partial charge in [0.15, 0.2) is 0 Å². The van der Waals surface area contributed by atoms with Gasteiger partial charge in [-0.15, -0.1) is 0 Å². The summed E-state index contributed by atoms with van der Waals surface area (Å²) in [7, 11) is 2.17. The Hall–Kier alpha value is -0.120. The van der Waals surface area contributed by atoms with Crippen LogP contribution in [0.15, 0.2) is 0 Å². The molecular formula is C12H26N2O. The number of rotatable bonds is 5. The number of morpholine rings is 1. The smallest absolute Gasteiger partial charge is 0.0857 e. The summed E-state index contributed by atoms with van der Waals surface area (Å²) in [5.74, 6) is 0.632. The lowest BCUT2D eigenvalue weighted by Gasteiger charge is -2.37. The second kappa shape index (κ2) is 6.46. The average molecular weight is 214 g/mol. The first-order chi connectivity index (χ1) is 7.15. The maximum atomic E-state index is 5.86. The molecule has 0 amide bonds. The van der Waals surface area contributed by atoms with Gasteiger partial charge in [-0.25, -0.2) is 0 Å². The molecule has 1 saturated heterocycles. The summed E-state index contributed by atoms with van der Waals surface area (Å²) in [5.41, 5.74) is 0. The van der Waals surface area contributed by atoms with Crippen LogP contribution in [0.2, 0.25) is 0 Å². The highest BCUT2D eigenvalue weighted by Crippen LogP contribution is 2.14. The second-order valence-electron chi connectivity index (χ2n) is 4.90. The number of nitrogens with one attached hydrogen (secondary N) is 1. The molecule has 3 nitrogen and oxygen atoms in total. The van der Waals surface area contributed by atoms with Crippen LogP contribution in [0.5, 0.6) is 0 Å². The molecule has 2 unspecified atom stereocenters. The first-order valence-electron chi connectivity index (χ1n) is 6.18. The number of likely N-dealkylation sites (N-methyl/N-ethyl adjacent to an activating group) is 1. The fourth-order valence-electron chi connectivity index (χ4n) is 2.14. The average Bonchev–Trinajstić information content (AvgIpc) is 2.18. The normalized spacial score (nSPS) is 25.8. The van der Waals surface area contributed by atoms with E-state index in [-0.39, 0.29) is 0 Å². The van der Waals surface area contributed by atoms with Gasteiger partial charge in [0.25, 0.3) is 0 Å². The van der Waals surface area contributed by atoms with Crippen molar-refractivity contribution in [2.24, 2.45) is 5.92 Å². The van der Waals surface area contributed by atoms with E-state index in [0.717, 1.165) is 26.2 Å². The highest BCUT2D eigenvalue weighted by molar-refractivity contribution is 4.84. The largest absolute Gasteiger partial charge is 0.374 e. The Morgan fingerprint density at radius 3 is 2.73 bits per heavy atom. The third kappa shape index (κ3) is 4.09. The van der Waals surface area contributed by atoms with E-state index in [4.69, 9.17) is 4.74 Å². The fourth-order valence-corrected chi connectivity index (χ4v) is 2.14. The summed E-state index contributed by atoms with van der Waals surface area (Å²) in [6.45, 7) is 10.8. The van der Waals surface area contributed by atoms with E-state index in [1.54, 1.807) is 0 Å². The third-order valence-corrected chi connectivity index (χ3v) is 3.05. The lowest BCUT2D eigenvalue weighted by molar-refractivity contribution is -0.0465. The number of hydrogen-bond donors (Lipinski definition) is 1. The van der Waals surface area contributed by atoms with Crippen molar-refractivity contribution >= 4 is 0 Å². The van der Waals surface area contributed by atoms with Crippen molar-refractivity contribution in [3.8, 4) is 0 Å². The van der Waals surface area contributed by atoms with E-state index in [2.05, 4.69) is 38.0 Å². The Balaban J connectivity index is 2.46. The highest BCUT2D eigenvalue weighted by atomic mass is 16.5. The van der Waals surface area contributed by atoms with Crippen molar-refractivity contribution in [3.05, 3.63) is 0 Å². The van der Waals surface area contributed by atoms with E-state index in [1.807, 2.05) is 0 Å². The zero-order chi connectivity index (χ0) is 11.3. The summed E-state index contributed by atoms with van der Waals surface area (Å²) in [4.78, 5) is 2.36. The lowest BCUT2D eigenvalue weighted by Crippen LogP contribution is -2.53. The minimum Gasteiger partial charge on any atom is -0.374 e. The van der Waals surface area contributed by atoms with Gasteiger partial charge in [0.05, 0.1) is 12.7 Å². The SMILES string of the molecule is CCCNC(C(C)C)C1CN(C)CCO1. The summed E-state index contributed by atoms with van der Waals surface area (Å²) in [6, 6.07) is 0.493. The zero-order valence-corrected chi connectivity index (χ0v) is 10.6. The molecule has 0 aliphatic carbocycles. The Kier molecular flexibility index (Phi) is 5.58. The molecule has 0 saturated carbocycles. The van der Waals surface area contributed by atoms with Crippen molar-refractivity contribution in [3.63, 3.8) is 0 Å². The van der Waals surface area contributed by atoms with Crippen LogP contribution in [-0.2, 0) is 4.74 Å². The molecule has 0 radical (unpaired) electrons. The summed E-state index contributed by atoms with van der Waals surface area (Å²) >= 11 is 0. The molecule has 90 valence electrons. The van der Waals surface area contributed by atoms with Gasteiger partial charge in [0, 0.05) is 19.1 Å². The van der Waals surface area contributed by atoms with Gasteiger partial charge in [-0.3, -0.25) is 0 Å². The summed E-state index contributed by atoms with van der Waals surface area (Å²) in [5, 5.41) is 3.61. The monoisotopic (exact) mass is 214 g/mol. The van der Waals surface area contributed by atoms with Crippen LogP contribution in [0.3, 0.4) is 0 Å². The van der Waals surface area contributed by atoms with E-state index >= 15 is 0 Å². The van der Waals surface area contributed by atoms with Crippen LogP contribution in [-0.4, -0.2) is 50.3 Å². The molecule has 3 heteroatoms. The van der Waals surface area contributed by atoms with Gasteiger partial charge in [-0.2, -0.15) is 0 Å². The zero-order valence-electron chi connectivity index (χ0n) is 10.6. The molecule has 1 heterocycles. The molecule has 1 aliphatic rings. The predicted molar refractivity (Wildman–Crippen MR) is 64.2 cm³/mol. The standard InChI is InChI=1S/C12H26N2O/c1-5-6-13-12(10(2)3)11-9-14(4)7-8-15-11/h10-13H,5-9H2,1-4H3. The van der Waals surface area contributed by atoms with Gasteiger partial charge in [0.1, 0.15) is 0 Å². The van der Waals surface area contributed by atoms with E-state index in [0.29, 0.717) is 18.1 Å². The Morgan fingerprint density at radius 2 is 2.20 bits per heavy atom. The van der Waals surface area contributed by atoms with Crippen LogP contribution in [0, 0.1) is 5.92 Å². The molecule has 1 aliphatic heterocycles. The maximum absolute atomic E-state index is 5.86. The Labute approximate surface area is 94.2 Å². The maximum Gasteiger partial charge on any atom is 0.0857 e. The summed E-state index contributed by atoms with van der Waals surface area (Å²) < 4.78 is 5.86. The predicted octanol–water partition coefficient (Wildman–Crippen LogP) is 1.34. The Morgan fingerprint density at radius 1 is 1.47 bits per heavy atom. The quantitative estimate of drug-likeness (QED) is 0.747. The van der Waals surface area contributed by atoms with Crippen LogP contribution >= 0.6 is 0 Å². The molecule has 1 rings (SSSR count). The topological polar surface area (TPSA) is 24.5 Å². The first kappa shape index (κ1) is 12.9. The van der Waals surface area contributed by atoms with E-state index in [1.165, 1.54) is 6.42 Å². The lowest BCUT2D eigenvalue weighted by atomic mass is 9.97. The van der Waals surface area contributed by atoms with E-state index in [9.17, 15) is 0 Å². The van der Waals surface area contributed by atoms with Gasteiger partial charge in [-0.1, -0.05) is 20.8 Å². The van der Waals surface area contributed by atoms with Crippen molar-refractivity contribution < 1.29 is 4.74 Å². The molecule has 2 atom stereocenters. The molecule has 0 bridgehead atoms. The second-order valence-corrected chi connectivity index (χ2v) is 4.90. The third-order valence-electron chi connectivity index (χ3n) is 3.05. The van der Waals surface area contributed by atoms with Crippen LogP contribution < -0.4 is 5.32 Å². The summed E-state index contributed by atoms with van der Waals surface area (Å²) in [6.07, 6.45) is 1.54. The van der Waals surface area contributed by atoms with Gasteiger partial charge in [0.2, 0.25) is 0 Å². The van der Waals surface area contributed by atoms with Crippen LogP contribution in [0.1, 0.15) is 27.2 Å². The van der Waals surface area contributed by atoms with Crippen LogP contribution in [0.25, 0.3) is 0 Å². The minimum absolute atomic E-state index is 0.357. The van der Waals surface area contributed by atoms with Crippen molar-refractivity contribution in [2.45, 2.75) is 39.3 Å². The molecule has 1 fully saturated rings.